The fourth-order valence-corrected chi connectivity index (χ4v) is 5.07. The molecule has 0 radical (unpaired) electrons. The number of carbonyl (C=O) groups excluding carboxylic acids is 1. The van der Waals surface area contributed by atoms with Gasteiger partial charge in [0.1, 0.15) is 59.4 Å². The Morgan fingerprint density at radius 2 is 1.29 bits per heavy atom. The average molecular weight is 597 g/mol. The number of aliphatic hydroxyl groups is 6. The van der Waals surface area contributed by atoms with Crippen molar-refractivity contribution < 1.29 is 74.4 Å². The summed E-state index contributed by atoms with van der Waals surface area (Å²) in [4.78, 5) is 13.8. The van der Waals surface area contributed by atoms with Gasteiger partial charge < -0.3 is 69.6 Å². The summed E-state index contributed by atoms with van der Waals surface area (Å²) in [5.74, 6) is -2.88. The normalized spacial score (nSPS) is 38.4. The van der Waals surface area contributed by atoms with Crippen molar-refractivity contribution in [3.63, 3.8) is 0 Å². The number of ether oxygens (including phenoxy) is 5. The Hall–Kier alpha value is -3.25. The van der Waals surface area contributed by atoms with Gasteiger partial charge in [-0.25, -0.2) is 0 Å². The van der Waals surface area contributed by atoms with E-state index in [1.807, 2.05) is 0 Å². The summed E-state index contributed by atoms with van der Waals surface area (Å²) < 4.78 is 28.3. The number of aliphatic hydroxyl groups excluding tert-OH is 6. The minimum atomic E-state index is -1.78. The molecule has 0 spiro atoms. The van der Waals surface area contributed by atoms with Crippen molar-refractivity contribution in [2.75, 3.05) is 0 Å². The van der Waals surface area contributed by atoms with Gasteiger partial charge in [0.15, 0.2) is 30.0 Å². The first kappa shape index (κ1) is 30.2. The Balaban J connectivity index is 1.49. The number of hydrogen-bond acceptors (Lipinski definition) is 15. The monoisotopic (exact) mass is 596 g/mol. The number of hydrogen-bond donors (Lipinski definition) is 9. The van der Waals surface area contributed by atoms with Gasteiger partial charge in [-0.3, -0.25) is 4.79 Å². The maximum atomic E-state index is 13.8. The second-order valence-electron chi connectivity index (χ2n) is 10.5. The summed E-state index contributed by atoms with van der Waals surface area (Å²) in [6.45, 7) is 2.87. The minimum Gasteiger partial charge on any atom is -0.507 e. The lowest BCUT2D eigenvalue weighted by molar-refractivity contribution is -0.304. The summed E-state index contributed by atoms with van der Waals surface area (Å²) in [5.41, 5.74) is -0.240. The molecule has 2 aromatic rings. The highest BCUT2D eigenvalue weighted by Crippen LogP contribution is 2.45. The van der Waals surface area contributed by atoms with Crippen LogP contribution in [-0.4, -0.2) is 119 Å². The lowest BCUT2D eigenvalue weighted by atomic mass is 9.92. The summed E-state index contributed by atoms with van der Waals surface area (Å²) in [6, 6.07) is 5.79. The van der Waals surface area contributed by atoms with Crippen LogP contribution in [0.3, 0.4) is 0 Å². The van der Waals surface area contributed by atoms with Crippen molar-refractivity contribution in [2.24, 2.45) is 0 Å². The summed E-state index contributed by atoms with van der Waals surface area (Å²) >= 11 is 0. The molecule has 0 bridgehead atoms. The molecule has 9 N–H and O–H groups in total. The lowest BCUT2D eigenvalue weighted by Gasteiger charge is -2.42. The standard InChI is InChI=1S/C27H32O15/c1-8-17(31)20(34)22(36)26(38-8)40-11-6-14(30)16-15(7-11)41-24(10-3-4-12(28)13(29)5-10)25(19(16)33)42-27-23(37)21(35)18(32)9(2)39-27/h3-9,17-18,20-32,34-37H,1-2H3/t8-,9-,17-,18-,20+,21+,22+,23+,24-,25+,26-,27-/m0/s1. The van der Waals surface area contributed by atoms with Gasteiger partial charge in [-0.15, -0.1) is 0 Å². The van der Waals surface area contributed by atoms with E-state index in [0.29, 0.717) is 0 Å². The molecule has 3 heterocycles. The summed E-state index contributed by atoms with van der Waals surface area (Å²) in [5, 5.41) is 91.8. The Morgan fingerprint density at radius 3 is 1.90 bits per heavy atom. The zero-order valence-electron chi connectivity index (χ0n) is 22.3. The molecule has 0 aromatic heterocycles. The van der Waals surface area contributed by atoms with Gasteiger partial charge >= 0.3 is 0 Å². The number of carbonyl (C=O) groups is 1. The van der Waals surface area contributed by atoms with Gasteiger partial charge in [0.05, 0.1) is 12.2 Å². The fraction of sp³-hybridized carbons (Fsp3) is 0.519. The van der Waals surface area contributed by atoms with Crippen molar-refractivity contribution in [1.82, 2.24) is 0 Å². The predicted molar refractivity (Wildman–Crippen MR) is 136 cm³/mol. The van der Waals surface area contributed by atoms with E-state index in [0.717, 1.165) is 18.2 Å². The van der Waals surface area contributed by atoms with Crippen molar-refractivity contribution in [3.8, 4) is 28.7 Å². The Kier molecular flexibility index (Phi) is 8.23. The molecule has 15 nitrogen and oxygen atoms in total. The molecule has 0 aliphatic carbocycles. The van der Waals surface area contributed by atoms with Crippen LogP contribution in [-0.2, 0) is 14.2 Å². The van der Waals surface area contributed by atoms with Gasteiger partial charge in [0, 0.05) is 12.1 Å². The van der Waals surface area contributed by atoms with Crippen LogP contribution >= 0.6 is 0 Å². The number of fused-ring (bicyclic) bond motifs is 1. The smallest absolute Gasteiger partial charge is 0.229 e. The minimum absolute atomic E-state index is 0.121. The third-order valence-electron chi connectivity index (χ3n) is 7.57. The largest absolute Gasteiger partial charge is 0.507 e. The van der Waals surface area contributed by atoms with Crippen LogP contribution in [0.1, 0.15) is 35.9 Å². The molecular formula is C27H32O15. The molecule has 0 amide bonds. The molecule has 3 aliphatic heterocycles. The van der Waals surface area contributed by atoms with Gasteiger partial charge in [0.2, 0.25) is 12.1 Å². The number of Topliss-reactive ketones (excluding diaryl/α,β-unsaturated/α-hetero) is 1. The van der Waals surface area contributed by atoms with E-state index in [1.54, 1.807) is 0 Å². The van der Waals surface area contributed by atoms with E-state index in [4.69, 9.17) is 23.7 Å². The highest BCUT2D eigenvalue weighted by Gasteiger charge is 2.49. The van der Waals surface area contributed by atoms with E-state index >= 15 is 0 Å². The lowest BCUT2D eigenvalue weighted by Crippen LogP contribution is -2.59. The van der Waals surface area contributed by atoms with Crippen molar-refractivity contribution in [3.05, 3.63) is 41.5 Å². The van der Waals surface area contributed by atoms with E-state index in [-0.39, 0.29) is 22.6 Å². The third kappa shape index (κ3) is 5.34. The summed E-state index contributed by atoms with van der Waals surface area (Å²) in [7, 11) is 0. The maximum absolute atomic E-state index is 13.8. The van der Waals surface area contributed by atoms with Crippen molar-refractivity contribution >= 4 is 5.78 Å². The first-order valence-electron chi connectivity index (χ1n) is 13.1. The Labute approximate surface area is 238 Å². The van der Waals surface area contributed by atoms with Crippen LogP contribution in [0, 0.1) is 0 Å². The molecule has 42 heavy (non-hydrogen) atoms. The second kappa shape index (κ2) is 11.4. The number of rotatable bonds is 5. The SMILES string of the molecule is C[C@@H]1O[C@@H](Oc2cc(O)c3c(c2)O[C@@H](c2ccc(O)c(O)c2)[C@H](O[C@@H]2O[C@@H](C)[C@H](O)[C@@H](O)[C@H]2O)C3=O)[C@H](O)[C@H](O)[C@H]1O. The molecule has 0 unspecified atom stereocenters. The molecule has 3 aliphatic rings. The number of ketones is 1. The highest BCUT2D eigenvalue weighted by atomic mass is 16.7. The molecule has 2 aromatic carbocycles. The van der Waals surface area contributed by atoms with E-state index in [9.17, 15) is 50.8 Å². The number of phenols is 3. The van der Waals surface area contributed by atoms with Gasteiger partial charge in [-0.05, 0) is 31.5 Å². The zero-order valence-corrected chi connectivity index (χ0v) is 22.3. The number of phenolic OH excluding ortho intramolecular Hbond substituents is 3. The average Bonchev–Trinajstić information content (AvgIpc) is 2.94. The molecule has 15 heteroatoms. The molecule has 2 saturated heterocycles. The molecule has 5 rings (SSSR count). The van der Waals surface area contributed by atoms with Crippen LogP contribution in [0.25, 0.3) is 0 Å². The van der Waals surface area contributed by atoms with Crippen molar-refractivity contribution in [2.45, 2.75) is 87.5 Å². The van der Waals surface area contributed by atoms with Crippen LogP contribution < -0.4 is 9.47 Å². The van der Waals surface area contributed by atoms with Crippen molar-refractivity contribution in [1.29, 1.82) is 0 Å². The predicted octanol–water partition coefficient (Wildman–Crippen LogP) is -1.46. The molecule has 12 atom stereocenters. The van der Waals surface area contributed by atoms with Crippen LogP contribution in [0.15, 0.2) is 30.3 Å². The zero-order chi connectivity index (χ0) is 30.6. The number of benzene rings is 2. The fourth-order valence-electron chi connectivity index (χ4n) is 5.07. The topological polar surface area (TPSA) is 245 Å². The number of aromatic hydroxyl groups is 3. The molecular weight excluding hydrogens is 564 g/mol. The first-order chi connectivity index (χ1) is 19.8. The second-order valence-corrected chi connectivity index (χ2v) is 10.5. The van der Waals surface area contributed by atoms with Crippen LogP contribution in [0.4, 0.5) is 0 Å². The quantitative estimate of drug-likeness (QED) is 0.179. The van der Waals surface area contributed by atoms with E-state index in [2.05, 4.69) is 0 Å². The van der Waals surface area contributed by atoms with E-state index in [1.165, 1.54) is 26.0 Å². The molecule has 230 valence electrons. The first-order valence-corrected chi connectivity index (χ1v) is 13.1. The Bertz CT molecular complexity index is 1320. The van der Waals surface area contributed by atoms with E-state index < -0.39 is 96.7 Å². The van der Waals surface area contributed by atoms with Gasteiger partial charge in [-0.2, -0.15) is 0 Å². The Morgan fingerprint density at radius 1 is 0.690 bits per heavy atom. The van der Waals surface area contributed by atoms with Crippen LogP contribution in [0.5, 0.6) is 28.7 Å². The molecule has 2 fully saturated rings. The summed E-state index contributed by atoms with van der Waals surface area (Å²) in [6.07, 6.45) is -17.5. The van der Waals surface area contributed by atoms with Crippen LogP contribution in [0.2, 0.25) is 0 Å². The third-order valence-corrected chi connectivity index (χ3v) is 7.57. The maximum Gasteiger partial charge on any atom is 0.229 e. The van der Waals surface area contributed by atoms with Gasteiger partial charge in [0.25, 0.3) is 0 Å². The molecule has 0 saturated carbocycles. The highest BCUT2D eigenvalue weighted by molar-refractivity contribution is 6.05. The van der Waals surface area contributed by atoms with Gasteiger partial charge in [-0.1, -0.05) is 6.07 Å².